The summed E-state index contributed by atoms with van der Waals surface area (Å²) >= 11 is 7.39. The summed E-state index contributed by atoms with van der Waals surface area (Å²) in [7, 11) is -2.12. The summed E-state index contributed by atoms with van der Waals surface area (Å²) in [6.07, 6.45) is 0. The molecule has 0 unspecified atom stereocenters. The molecule has 2 rings (SSSR count). The van der Waals surface area contributed by atoms with E-state index in [1.54, 1.807) is 18.2 Å². The SMILES string of the molecule is CNS(=O)(=O)c1ccc(NC(=O)CSCc2cccc(Cl)c2)cc1. The second-order valence-electron chi connectivity index (χ2n) is 4.90. The highest BCUT2D eigenvalue weighted by molar-refractivity contribution is 7.99. The number of carbonyl (C=O) groups excluding carboxylic acids is 1. The number of thioether (sulfide) groups is 1. The molecule has 2 aromatic rings. The lowest BCUT2D eigenvalue weighted by atomic mass is 10.2. The molecule has 0 aromatic heterocycles. The van der Waals surface area contributed by atoms with E-state index in [9.17, 15) is 13.2 Å². The van der Waals surface area contributed by atoms with Gasteiger partial charge >= 0.3 is 0 Å². The minimum Gasteiger partial charge on any atom is -0.325 e. The minimum absolute atomic E-state index is 0.147. The summed E-state index contributed by atoms with van der Waals surface area (Å²) in [6.45, 7) is 0. The van der Waals surface area contributed by atoms with Crippen LogP contribution < -0.4 is 10.0 Å². The van der Waals surface area contributed by atoms with E-state index >= 15 is 0 Å². The van der Waals surface area contributed by atoms with Crippen LogP contribution in [0.1, 0.15) is 5.56 Å². The molecule has 0 saturated heterocycles. The zero-order valence-electron chi connectivity index (χ0n) is 13.0. The molecule has 0 aliphatic rings. The molecule has 2 N–H and O–H groups in total. The number of hydrogen-bond acceptors (Lipinski definition) is 4. The van der Waals surface area contributed by atoms with Gasteiger partial charge in [0, 0.05) is 16.5 Å². The van der Waals surface area contributed by atoms with Gasteiger partial charge in [-0.3, -0.25) is 4.79 Å². The van der Waals surface area contributed by atoms with Crippen molar-refractivity contribution >= 4 is 45.0 Å². The van der Waals surface area contributed by atoms with Crippen LogP contribution >= 0.6 is 23.4 Å². The fourth-order valence-corrected chi connectivity index (χ4v) is 3.64. The highest BCUT2D eigenvalue weighted by atomic mass is 35.5. The van der Waals surface area contributed by atoms with Crippen LogP contribution in [-0.4, -0.2) is 27.1 Å². The smallest absolute Gasteiger partial charge is 0.240 e. The van der Waals surface area contributed by atoms with Crippen molar-refractivity contribution in [3.05, 3.63) is 59.1 Å². The first-order valence-corrected chi connectivity index (χ1v) is 10.1. The molecule has 0 fully saturated rings. The molecule has 0 spiro atoms. The largest absolute Gasteiger partial charge is 0.325 e. The van der Waals surface area contributed by atoms with E-state index in [1.165, 1.54) is 30.9 Å². The van der Waals surface area contributed by atoms with Crippen LogP contribution in [0.4, 0.5) is 5.69 Å². The average Bonchev–Trinajstić information content (AvgIpc) is 2.55. The predicted molar refractivity (Wildman–Crippen MR) is 98.9 cm³/mol. The quantitative estimate of drug-likeness (QED) is 0.769. The summed E-state index contributed by atoms with van der Waals surface area (Å²) in [4.78, 5) is 12.1. The molecule has 0 saturated carbocycles. The molecule has 128 valence electrons. The maximum absolute atomic E-state index is 11.9. The summed E-state index contributed by atoms with van der Waals surface area (Å²) < 4.78 is 25.5. The molecule has 0 bridgehead atoms. The number of amides is 1. The predicted octanol–water partition coefficient (Wildman–Crippen LogP) is 3.12. The highest BCUT2D eigenvalue weighted by Crippen LogP contribution is 2.17. The zero-order valence-corrected chi connectivity index (χ0v) is 15.3. The summed E-state index contributed by atoms with van der Waals surface area (Å²) in [5.41, 5.74) is 1.61. The first-order chi connectivity index (χ1) is 11.4. The Hall–Kier alpha value is -1.54. The molecule has 0 atom stereocenters. The van der Waals surface area contributed by atoms with Gasteiger partial charge in [0.2, 0.25) is 15.9 Å². The van der Waals surface area contributed by atoms with Gasteiger partial charge in [0.25, 0.3) is 0 Å². The number of sulfonamides is 1. The molecule has 0 aliphatic carbocycles. The van der Waals surface area contributed by atoms with Gasteiger partial charge in [0.15, 0.2) is 0 Å². The van der Waals surface area contributed by atoms with Gasteiger partial charge in [-0.2, -0.15) is 0 Å². The molecule has 8 heteroatoms. The number of halogens is 1. The molecule has 0 heterocycles. The van der Waals surface area contributed by atoms with E-state index in [2.05, 4.69) is 10.0 Å². The lowest BCUT2D eigenvalue weighted by Crippen LogP contribution is -2.18. The average molecular weight is 385 g/mol. The maximum atomic E-state index is 11.9. The van der Waals surface area contributed by atoms with E-state index in [0.29, 0.717) is 22.2 Å². The van der Waals surface area contributed by atoms with Gasteiger partial charge in [-0.05, 0) is 49.0 Å². The minimum atomic E-state index is -3.47. The fourth-order valence-electron chi connectivity index (χ4n) is 1.92. The number of nitrogens with one attached hydrogen (secondary N) is 2. The van der Waals surface area contributed by atoms with Crippen molar-refractivity contribution < 1.29 is 13.2 Å². The standard InChI is InChI=1S/C16H17ClN2O3S2/c1-18-24(21,22)15-7-5-14(6-8-15)19-16(20)11-23-10-12-3-2-4-13(17)9-12/h2-9,18H,10-11H2,1H3,(H,19,20). The summed E-state index contributed by atoms with van der Waals surface area (Å²) in [6, 6.07) is 13.5. The highest BCUT2D eigenvalue weighted by Gasteiger charge is 2.11. The van der Waals surface area contributed by atoms with E-state index in [0.717, 1.165) is 5.56 Å². The number of hydrogen-bond donors (Lipinski definition) is 2. The number of anilines is 1. The molecule has 0 aliphatic heterocycles. The fraction of sp³-hybridized carbons (Fsp3) is 0.188. The summed E-state index contributed by atoms with van der Waals surface area (Å²) in [5.74, 6) is 0.836. The van der Waals surface area contributed by atoms with Gasteiger partial charge in [-0.25, -0.2) is 13.1 Å². The second kappa shape index (κ2) is 8.53. The van der Waals surface area contributed by atoms with Gasteiger partial charge in [0.1, 0.15) is 0 Å². The van der Waals surface area contributed by atoms with E-state index in [-0.39, 0.29) is 10.8 Å². The first kappa shape index (κ1) is 18.8. The normalized spacial score (nSPS) is 11.2. The van der Waals surface area contributed by atoms with Crippen molar-refractivity contribution in [1.82, 2.24) is 4.72 Å². The third-order valence-corrected chi connectivity index (χ3v) is 5.78. The van der Waals surface area contributed by atoms with Gasteiger partial charge in [0.05, 0.1) is 10.6 Å². The van der Waals surface area contributed by atoms with Crippen LogP contribution in [0, 0.1) is 0 Å². The Bertz CT molecular complexity index is 808. The van der Waals surface area contributed by atoms with Crippen LogP contribution in [-0.2, 0) is 20.6 Å². The lowest BCUT2D eigenvalue weighted by molar-refractivity contribution is -0.113. The van der Waals surface area contributed by atoms with Crippen LogP contribution in [0.3, 0.4) is 0 Å². The van der Waals surface area contributed by atoms with Crippen molar-refractivity contribution in [2.75, 3.05) is 18.1 Å². The van der Waals surface area contributed by atoms with Gasteiger partial charge < -0.3 is 5.32 Å². The molecular weight excluding hydrogens is 368 g/mol. The Morgan fingerprint density at radius 1 is 1.17 bits per heavy atom. The third-order valence-electron chi connectivity index (χ3n) is 3.11. The van der Waals surface area contributed by atoms with Crippen molar-refractivity contribution in [3.63, 3.8) is 0 Å². The van der Waals surface area contributed by atoms with Crippen molar-refractivity contribution in [2.24, 2.45) is 0 Å². The molecular formula is C16H17ClN2O3S2. The molecule has 2 aromatic carbocycles. The lowest BCUT2D eigenvalue weighted by Gasteiger charge is -2.07. The van der Waals surface area contributed by atoms with Crippen LogP contribution in [0.25, 0.3) is 0 Å². The Morgan fingerprint density at radius 3 is 2.50 bits per heavy atom. The van der Waals surface area contributed by atoms with E-state index in [4.69, 9.17) is 11.6 Å². The van der Waals surface area contributed by atoms with Crippen LogP contribution in [0.5, 0.6) is 0 Å². The Balaban J connectivity index is 1.84. The molecule has 24 heavy (non-hydrogen) atoms. The van der Waals surface area contributed by atoms with E-state index < -0.39 is 10.0 Å². The Kier molecular flexibility index (Phi) is 6.68. The van der Waals surface area contributed by atoms with Crippen molar-refractivity contribution in [3.8, 4) is 0 Å². The first-order valence-electron chi connectivity index (χ1n) is 7.06. The molecule has 0 radical (unpaired) electrons. The maximum Gasteiger partial charge on any atom is 0.240 e. The Labute approximate surface area is 150 Å². The van der Waals surface area contributed by atoms with E-state index in [1.807, 2.05) is 18.2 Å². The Morgan fingerprint density at radius 2 is 1.88 bits per heavy atom. The van der Waals surface area contributed by atoms with Crippen molar-refractivity contribution in [1.29, 1.82) is 0 Å². The second-order valence-corrected chi connectivity index (χ2v) is 8.21. The zero-order chi connectivity index (χ0) is 17.6. The number of carbonyl (C=O) groups is 1. The molecule has 1 amide bonds. The number of benzene rings is 2. The van der Waals surface area contributed by atoms with Gasteiger partial charge in [-0.1, -0.05) is 23.7 Å². The third kappa shape index (κ3) is 5.52. The summed E-state index contributed by atoms with van der Waals surface area (Å²) in [5, 5.41) is 3.41. The van der Waals surface area contributed by atoms with Gasteiger partial charge in [-0.15, -0.1) is 11.8 Å². The topological polar surface area (TPSA) is 75.3 Å². The van der Waals surface area contributed by atoms with Crippen LogP contribution in [0.2, 0.25) is 5.02 Å². The monoisotopic (exact) mass is 384 g/mol. The van der Waals surface area contributed by atoms with Crippen LogP contribution in [0.15, 0.2) is 53.4 Å². The number of rotatable bonds is 7. The molecule has 5 nitrogen and oxygen atoms in total. The van der Waals surface area contributed by atoms with Crippen molar-refractivity contribution in [2.45, 2.75) is 10.6 Å².